The van der Waals surface area contributed by atoms with Gasteiger partial charge in [0.25, 0.3) is 0 Å². The molecular weight excluding hydrogens is 469 g/mol. The molecule has 0 aliphatic carbocycles. The third-order valence-electron chi connectivity index (χ3n) is 6.15. The molecule has 0 radical (unpaired) electrons. The fourth-order valence-corrected chi connectivity index (χ4v) is 4.13. The molecule has 1 fully saturated rings. The lowest BCUT2D eigenvalue weighted by molar-refractivity contribution is -0.137. The fourth-order valence-electron chi connectivity index (χ4n) is 4.13. The van der Waals surface area contributed by atoms with Crippen LogP contribution in [0.2, 0.25) is 0 Å². The van der Waals surface area contributed by atoms with Gasteiger partial charge in [0.1, 0.15) is 18.1 Å². The summed E-state index contributed by atoms with van der Waals surface area (Å²) in [6.45, 7) is 6.67. The molecule has 0 bridgehead atoms. The lowest BCUT2D eigenvalue weighted by Crippen LogP contribution is -2.41. The van der Waals surface area contributed by atoms with E-state index in [-0.39, 0.29) is 18.6 Å². The molecule has 6 nitrogen and oxygen atoms in total. The van der Waals surface area contributed by atoms with Crippen molar-refractivity contribution in [2.45, 2.75) is 38.6 Å². The van der Waals surface area contributed by atoms with Crippen LogP contribution in [0, 0.1) is 5.41 Å². The van der Waals surface area contributed by atoms with E-state index in [0.29, 0.717) is 29.3 Å². The number of nitrogens with two attached hydrogens (primary N) is 1. The molecule has 188 valence electrons. The van der Waals surface area contributed by atoms with Crippen molar-refractivity contribution in [1.82, 2.24) is 4.90 Å². The normalized spacial score (nSPS) is 16.3. The van der Waals surface area contributed by atoms with E-state index in [9.17, 15) is 13.2 Å². The van der Waals surface area contributed by atoms with Crippen LogP contribution in [-0.4, -0.2) is 29.2 Å². The maximum absolute atomic E-state index is 12.7. The molecule has 3 aromatic carbocycles. The Morgan fingerprint density at radius 2 is 1.81 bits per heavy atom. The molecule has 1 atom stereocenters. The second-order valence-corrected chi connectivity index (χ2v) is 8.68. The van der Waals surface area contributed by atoms with Crippen molar-refractivity contribution in [2.24, 2.45) is 10.9 Å². The number of ether oxygens (including phenoxy) is 1. The maximum Gasteiger partial charge on any atom is 0.416 e. The van der Waals surface area contributed by atoms with Crippen molar-refractivity contribution in [3.05, 3.63) is 89.7 Å². The van der Waals surface area contributed by atoms with E-state index < -0.39 is 11.7 Å². The van der Waals surface area contributed by atoms with Gasteiger partial charge in [0, 0.05) is 6.54 Å². The number of hydrogen-bond donors (Lipinski definition) is 2. The Bertz CT molecular complexity index is 1300. The summed E-state index contributed by atoms with van der Waals surface area (Å²) in [4.78, 5) is 7.32. The van der Waals surface area contributed by atoms with Crippen LogP contribution in [-0.2, 0) is 17.6 Å². The Labute approximate surface area is 207 Å². The number of fused-ring (bicyclic) bond motifs is 1. The quantitative estimate of drug-likeness (QED) is 0.181. The number of benzene rings is 3. The number of hydrogen-bond acceptors (Lipinski definition) is 4. The van der Waals surface area contributed by atoms with E-state index in [1.807, 2.05) is 43.3 Å². The monoisotopic (exact) mass is 496 g/mol. The molecule has 1 aliphatic heterocycles. The number of oxime groups is 1. The second-order valence-electron chi connectivity index (χ2n) is 8.68. The predicted molar refractivity (Wildman–Crippen MR) is 134 cm³/mol. The summed E-state index contributed by atoms with van der Waals surface area (Å²) >= 11 is 0. The lowest BCUT2D eigenvalue weighted by Gasteiger charge is -2.24. The van der Waals surface area contributed by atoms with Crippen LogP contribution in [0.25, 0.3) is 10.8 Å². The fraction of sp³-hybridized carbons (Fsp3) is 0.259. The molecule has 36 heavy (non-hydrogen) atoms. The van der Waals surface area contributed by atoms with Gasteiger partial charge in [-0.1, -0.05) is 42.1 Å². The standard InChI is InChI=1S/C27H27F3N4O2/c1-17(33-36-18(2)25-4-3-13-34(25)26(31)32)20-7-8-22-15-24(12-9-21(22)14-20)35-16-19-5-10-23(11-6-19)27(28,29)30/h5-12,14-15,25H,2-4,13,16H2,1H3,(H3,31,32)/b33-17+/t25-/m0/s1. The minimum absolute atomic E-state index is 0.000176. The first kappa shape index (κ1) is 25.1. The molecule has 0 amide bonds. The molecule has 1 saturated heterocycles. The Balaban J connectivity index is 1.39. The third kappa shape index (κ3) is 5.79. The van der Waals surface area contributed by atoms with Crippen LogP contribution >= 0.6 is 0 Å². The zero-order chi connectivity index (χ0) is 25.9. The van der Waals surface area contributed by atoms with Crippen LogP contribution in [0.3, 0.4) is 0 Å². The van der Waals surface area contributed by atoms with Gasteiger partial charge in [-0.2, -0.15) is 13.2 Å². The van der Waals surface area contributed by atoms with Crippen molar-refractivity contribution in [3.63, 3.8) is 0 Å². The van der Waals surface area contributed by atoms with Crippen LogP contribution in [0.5, 0.6) is 5.75 Å². The minimum Gasteiger partial charge on any atom is -0.489 e. The number of nitrogens with one attached hydrogen (secondary N) is 1. The molecule has 9 heteroatoms. The van der Waals surface area contributed by atoms with Crippen molar-refractivity contribution < 1.29 is 22.7 Å². The Kier molecular flexibility index (Phi) is 7.19. The minimum atomic E-state index is -4.35. The lowest BCUT2D eigenvalue weighted by atomic mass is 10.0. The topological polar surface area (TPSA) is 83.9 Å². The Morgan fingerprint density at radius 1 is 1.11 bits per heavy atom. The smallest absolute Gasteiger partial charge is 0.416 e. The molecule has 0 spiro atoms. The molecule has 3 aromatic rings. The molecular formula is C27H27F3N4O2. The summed E-state index contributed by atoms with van der Waals surface area (Å²) < 4.78 is 43.9. The van der Waals surface area contributed by atoms with E-state index >= 15 is 0 Å². The highest BCUT2D eigenvalue weighted by Gasteiger charge is 2.30. The highest BCUT2D eigenvalue weighted by Crippen LogP contribution is 2.29. The van der Waals surface area contributed by atoms with E-state index in [2.05, 4.69) is 11.7 Å². The average Bonchev–Trinajstić information content (AvgIpc) is 3.36. The van der Waals surface area contributed by atoms with Gasteiger partial charge in [0.05, 0.1) is 17.3 Å². The van der Waals surface area contributed by atoms with Gasteiger partial charge in [-0.25, -0.2) is 0 Å². The summed E-state index contributed by atoms with van der Waals surface area (Å²) in [6.07, 6.45) is -2.63. The largest absolute Gasteiger partial charge is 0.489 e. The maximum atomic E-state index is 12.7. The molecule has 4 rings (SSSR count). The SMILES string of the molecule is C=C(O/N=C(\C)c1ccc2cc(OCc3ccc(C(F)(F)F)cc3)ccc2c1)[C@@H]1CCCN1C(=N)N. The summed E-state index contributed by atoms with van der Waals surface area (Å²) in [5.41, 5.74) is 7.15. The second kappa shape index (κ2) is 10.3. The zero-order valence-electron chi connectivity index (χ0n) is 19.8. The van der Waals surface area contributed by atoms with E-state index in [1.165, 1.54) is 12.1 Å². The van der Waals surface area contributed by atoms with Gasteiger partial charge in [0.2, 0.25) is 0 Å². The molecule has 0 unspecified atom stereocenters. The van der Waals surface area contributed by atoms with Gasteiger partial charge >= 0.3 is 6.18 Å². The van der Waals surface area contributed by atoms with Crippen LogP contribution in [0.15, 0.2) is 78.2 Å². The number of guanidine groups is 1. The third-order valence-corrected chi connectivity index (χ3v) is 6.15. The van der Waals surface area contributed by atoms with Crippen molar-refractivity contribution in [1.29, 1.82) is 5.41 Å². The van der Waals surface area contributed by atoms with E-state index in [1.54, 1.807) is 4.90 Å². The van der Waals surface area contributed by atoms with Gasteiger partial charge in [-0.15, -0.1) is 0 Å². The number of nitrogens with zero attached hydrogens (tertiary/aromatic N) is 2. The van der Waals surface area contributed by atoms with Crippen molar-refractivity contribution >= 4 is 22.4 Å². The Morgan fingerprint density at radius 3 is 2.50 bits per heavy atom. The first-order valence-electron chi connectivity index (χ1n) is 11.5. The molecule has 0 aromatic heterocycles. The van der Waals surface area contributed by atoms with Gasteiger partial charge in [-0.3, -0.25) is 5.41 Å². The number of rotatable bonds is 7. The summed E-state index contributed by atoms with van der Waals surface area (Å²) in [5.74, 6) is 1.07. The first-order chi connectivity index (χ1) is 17.1. The molecule has 1 heterocycles. The van der Waals surface area contributed by atoms with Crippen molar-refractivity contribution in [2.75, 3.05) is 6.54 Å². The molecule has 3 N–H and O–H groups in total. The van der Waals surface area contributed by atoms with E-state index in [0.717, 1.165) is 41.3 Å². The van der Waals surface area contributed by atoms with Crippen LogP contribution < -0.4 is 10.5 Å². The van der Waals surface area contributed by atoms with Crippen LogP contribution in [0.4, 0.5) is 13.2 Å². The summed E-state index contributed by atoms with van der Waals surface area (Å²) in [6, 6.07) is 16.2. The molecule has 0 saturated carbocycles. The number of halogens is 3. The van der Waals surface area contributed by atoms with Gasteiger partial charge in [-0.05, 0) is 72.0 Å². The number of likely N-dealkylation sites (tertiary alicyclic amines) is 1. The summed E-state index contributed by atoms with van der Waals surface area (Å²) in [7, 11) is 0. The molecule has 1 aliphatic rings. The summed E-state index contributed by atoms with van der Waals surface area (Å²) in [5, 5.41) is 13.8. The average molecular weight is 497 g/mol. The van der Waals surface area contributed by atoms with Gasteiger partial charge in [0.15, 0.2) is 5.96 Å². The van der Waals surface area contributed by atoms with Gasteiger partial charge < -0.3 is 20.2 Å². The highest BCUT2D eigenvalue weighted by molar-refractivity contribution is 6.01. The zero-order valence-corrected chi connectivity index (χ0v) is 19.8. The van der Waals surface area contributed by atoms with E-state index in [4.69, 9.17) is 20.7 Å². The van der Waals surface area contributed by atoms with Crippen molar-refractivity contribution in [3.8, 4) is 5.75 Å². The number of alkyl halides is 3. The predicted octanol–water partition coefficient (Wildman–Crippen LogP) is 6.05. The van der Waals surface area contributed by atoms with Crippen LogP contribution in [0.1, 0.15) is 36.5 Å². The Hall–Kier alpha value is -4.01. The first-order valence-corrected chi connectivity index (χ1v) is 11.5. The highest BCUT2D eigenvalue weighted by atomic mass is 19.4.